The molecular weight excluding hydrogens is 448 g/mol. The summed E-state index contributed by atoms with van der Waals surface area (Å²) in [6, 6.07) is 1.88. The number of aliphatic imine (C=N–C) groups is 1. The van der Waals surface area contributed by atoms with Crippen LogP contribution in [0.15, 0.2) is 23.5 Å². The molecule has 0 atom stereocenters. The van der Waals surface area contributed by atoms with E-state index in [-0.39, 0.29) is 24.0 Å². The highest BCUT2D eigenvalue weighted by Crippen LogP contribution is 2.15. The zero-order chi connectivity index (χ0) is 17.8. The molecule has 1 heterocycles. The zero-order valence-electron chi connectivity index (χ0n) is 14.7. The van der Waals surface area contributed by atoms with Crippen LogP contribution >= 0.6 is 24.0 Å². The maximum Gasteiger partial charge on any atom is 0.401 e. The first kappa shape index (κ1) is 24.0. The predicted molar refractivity (Wildman–Crippen MR) is 104 cm³/mol. The van der Waals surface area contributed by atoms with Crippen molar-refractivity contribution in [3.63, 3.8) is 0 Å². The smallest absolute Gasteiger partial charge is 0.357 e. The summed E-state index contributed by atoms with van der Waals surface area (Å²) < 4.78 is 38.5. The molecule has 0 saturated carbocycles. The topological polar surface area (TPSA) is 57.5 Å². The van der Waals surface area contributed by atoms with Gasteiger partial charge in [-0.2, -0.15) is 18.3 Å². The van der Waals surface area contributed by atoms with E-state index in [2.05, 4.69) is 20.7 Å². The highest BCUT2D eigenvalue weighted by Gasteiger charge is 2.28. The third kappa shape index (κ3) is 12.9. The van der Waals surface area contributed by atoms with E-state index in [4.69, 9.17) is 0 Å². The van der Waals surface area contributed by atoms with E-state index in [9.17, 15) is 13.2 Å². The fraction of sp³-hybridized carbons (Fsp3) is 0.733. The van der Waals surface area contributed by atoms with E-state index in [1.807, 2.05) is 23.9 Å². The van der Waals surface area contributed by atoms with Crippen LogP contribution in [0.3, 0.4) is 0 Å². The van der Waals surface area contributed by atoms with Gasteiger partial charge >= 0.3 is 6.18 Å². The molecule has 0 amide bonds. The fourth-order valence-electron chi connectivity index (χ4n) is 2.14. The van der Waals surface area contributed by atoms with Crippen LogP contribution in [0.1, 0.15) is 19.8 Å². The Morgan fingerprint density at radius 2 is 2.04 bits per heavy atom. The summed E-state index contributed by atoms with van der Waals surface area (Å²) >= 11 is 0. The molecule has 2 N–H and O–H groups in total. The van der Waals surface area contributed by atoms with Crippen molar-refractivity contribution in [2.24, 2.45) is 4.99 Å². The number of rotatable bonds is 10. The molecule has 25 heavy (non-hydrogen) atoms. The third-order valence-electron chi connectivity index (χ3n) is 3.18. The lowest BCUT2D eigenvalue weighted by Gasteiger charge is -2.18. The zero-order valence-corrected chi connectivity index (χ0v) is 17.1. The average Bonchev–Trinajstić information content (AvgIpc) is 2.99. The second kappa shape index (κ2) is 13.2. The van der Waals surface area contributed by atoms with Crippen molar-refractivity contribution in [1.29, 1.82) is 0 Å². The SMILES string of the molecule is CCNC(=NCCCn1cccn1)NCCCN(C)CC(F)(F)F.I. The van der Waals surface area contributed by atoms with Gasteiger partial charge in [-0.25, -0.2) is 0 Å². The Labute approximate surface area is 164 Å². The summed E-state index contributed by atoms with van der Waals surface area (Å²) in [5, 5.41) is 10.4. The molecule has 1 rings (SSSR count). The minimum absolute atomic E-state index is 0. The lowest BCUT2D eigenvalue weighted by atomic mass is 10.4. The molecule has 146 valence electrons. The number of aryl methyl sites for hydroxylation is 1. The molecule has 0 radical (unpaired) electrons. The van der Waals surface area contributed by atoms with Gasteiger partial charge in [0.1, 0.15) is 0 Å². The standard InChI is InChI=1S/C15H27F3N6.HI/c1-3-19-14(21-8-5-11-24-12-6-9-22-24)20-7-4-10-23(2)13-15(16,17)18;/h6,9,12H,3-5,7-8,10-11,13H2,1-2H3,(H2,19,20,21);1H. The van der Waals surface area contributed by atoms with Gasteiger partial charge in [0.05, 0.1) is 6.54 Å². The molecule has 0 spiro atoms. The van der Waals surface area contributed by atoms with Gasteiger partial charge in [0.15, 0.2) is 5.96 Å². The quantitative estimate of drug-likeness (QED) is 0.236. The maximum atomic E-state index is 12.2. The minimum Gasteiger partial charge on any atom is -0.357 e. The fourth-order valence-corrected chi connectivity index (χ4v) is 2.14. The van der Waals surface area contributed by atoms with E-state index >= 15 is 0 Å². The Morgan fingerprint density at radius 3 is 2.64 bits per heavy atom. The van der Waals surface area contributed by atoms with E-state index in [0.29, 0.717) is 32.0 Å². The maximum absolute atomic E-state index is 12.2. The van der Waals surface area contributed by atoms with Crippen LogP contribution in [0.2, 0.25) is 0 Å². The van der Waals surface area contributed by atoms with Gasteiger partial charge in [0.2, 0.25) is 0 Å². The van der Waals surface area contributed by atoms with Gasteiger partial charge in [-0.05, 0) is 39.4 Å². The summed E-state index contributed by atoms with van der Waals surface area (Å²) in [6.07, 6.45) is 0.985. The van der Waals surface area contributed by atoms with Crippen LogP contribution in [-0.4, -0.2) is 66.6 Å². The largest absolute Gasteiger partial charge is 0.401 e. The molecule has 0 saturated heterocycles. The summed E-state index contributed by atoms with van der Waals surface area (Å²) in [6.45, 7) is 4.24. The molecule has 10 heteroatoms. The molecule has 0 fully saturated rings. The van der Waals surface area contributed by atoms with Gasteiger partial charge in [-0.3, -0.25) is 14.6 Å². The van der Waals surface area contributed by atoms with Gasteiger partial charge < -0.3 is 10.6 Å². The van der Waals surface area contributed by atoms with Crippen LogP contribution in [0.4, 0.5) is 13.2 Å². The number of nitrogens with one attached hydrogen (secondary N) is 2. The van der Waals surface area contributed by atoms with Crippen molar-refractivity contribution in [1.82, 2.24) is 25.3 Å². The molecule has 0 aliphatic rings. The number of hydrogen-bond donors (Lipinski definition) is 2. The molecule has 0 aromatic carbocycles. The van der Waals surface area contributed by atoms with Crippen molar-refractivity contribution in [2.75, 3.05) is 39.8 Å². The first-order valence-electron chi connectivity index (χ1n) is 8.15. The Kier molecular flexibility index (Phi) is 12.7. The van der Waals surface area contributed by atoms with Gasteiger partial charge in [0.25, 0.3) is 0 Å². The molecule has 0 bridgehead atoms. The Balaban J connectivity index is 0.00000576. The van der Waals surface area contributed by atoms with Crippen molar-refractivity contribution in [2.45, 2.75) is 32.5 Å². The average molecular weight is 476 g/mol. The van der Waals surface area contributed by atoms with Gasteiger partial charge in [0, 0.05) is 38.6 Å². The lowest BCUT2D eigenvalue weighted by molar-refractivity contribution is -0.143. The summed E-state index contributed by atoms with van der Waals surface area (Å²) in [5.41, 5.74) is 0. The van der Waals surface area contributed by atoms with Crippen LogP contribution in [0, 0.1) is 0 Å². The summed E-state index contributed by atoms with van der Waals surface area (Å²) in [7, 11) is 1.47. The third-order valence-corrected chi connectivity index (χ3v) is 3.18. The van der Waals surface area contributed by atoms with Crippen LogP contribution in [0.5, 0.6) is 0 Å². The van der Waals surface area contributed by atoms with Crippen molar-refractivity contribution in [3.05, 3.63) is 18.5 Å². The Bertz CT molecular complexity index is 464. The molecule has 0 aliphatic carbocycles. The monoisotopic (exact) mass is 476 g/mol. The Hall–Kier alpha value is -1.04. The number of guanidine groups is 1. The highest BCUT2D eigenvalue weighted by atomic mass is 127. The van der Waals surface area contributed by atoms with Crippen molar-refractivity contribution in [3.8, 4) is 0 Å². The molecule has 0 aliphatic heterocycles. The predicted octanol–water partition coefficient (Wildman–Crippen LogP) is 2.33. The molecular formula is C15H28F3IN6. The highest BCUT2D eigenvalue weighted by molar-refractivity contribution is 14.0. The lowest BCUT2D eigenvalue weighted by Crippen LogP contribution is -2.39. The van der Waals surface area contributed by atoms with Crippen LogP contribution in [0.25, 0.3) is 0 Å². The first-order valence-corrected chi connectivity index (χ1v) is 8.15. The minimum atomic E-state index is -4.15. The number of alkyl halides is 3. The molecule has 1 aromatic rings. The number of nitrogens with zero attached hydrogens (tertiary/aromatic N) is 4. The van der Waals surface area contributed by atoms with Crippen LogP contribution < -0.4 is 10.6 Å². The molecule has 1 aromatic heterocycles. The summed E-state index contributed by atoms with van der Waals surface area (Å²) in [4.78, 5) is 5.72. The van der Waals surface area contributed by atoms with Crippen LogP contribution in [-0.2, 0) is 6.54 Å². The van der Waals surface area contributed by atoms with E-state index in [0.717, 1.165) is 19.5 Å². The number of hydrogen-bond acceptors (Lipinski definition) is 3. The Morgan fingerprint density at radius 1 is 1.28 bits per heavy atom. The second-order valence-electron chi connectivity index (χ2n) is 5.52. The van der Waals surface area contributed by atoms with Gasteiger partial charge in [-0.15, -0.1) is 24.0 Å². The van der Waals surface area contributed by atoms with Crippen molar-refractivity contribution < 1.29 is 13.2 Å². The van der Waals surface area contributed by atoms with Crippen molar-refractivity contribution >= 4 is 29.9 Å². The summed E-state index contributed by atoms with van der Waals surface area (Å²) in [5.74, 6) is 0.691. The van der Waals surface area contributed by atoms with E-state index in [1.54, 1.807) is 6.20 Å². The first-order chi connectivity index (χ1) is 11.4. The van der Waals surface area contributed by atoms with Gasteiger partial charge in [-0.1, -0.05) is 0 Å². The van der Waals surface area contributed by atoms with E-state index in [1.165, 1.54) is 11.9 Å². The number of halogens is 4. The molecule has 6 nitrogen and oxygen atoms in total. The number of aromatic nitrogens is 2. The molecule has 0 unspecified atom stereocenters. The second-order valence-corrected chi connectivity index (χ2v) is 5.52. The van der Waals surface area contributed by atoms with E-state index < -0.39 is 12.7 Å². The normalized spacial score (nSPS) is 12.2.